The Morgan fingerprint density at radius 1 is 1.17 bits per heavy atom. The Hall–Kier alpha value is -2.96. The highest BCUT2D eigenvalue weighted by atomic mass is 19.2. The van der Waals surface area contributed by atoms with Crippen molar-refractivity contribution in [3.8, 4) is 5.75 Å². The lowest BCUT2D eigenvalue weighted by Crippen LogP contribution is -2.37. The fourth-order valence-corrected chi connectivity index (χ4v) is 3.61. The Morgan fingerprint density at radius 3 is 2.72 bits per heavy atom. The molecule has 1 fully saturated rings. The van der Waals surface area contributed by atoms with Crippen LogP contribution in [-0.4, -0.2) is 36.4 Å². The van der Waals surface area contributed by atoms with Crippen LogP contribution in [0, 0.1) is 11.6 Å². The predicted octanol–water partition coefficient (Wildman–Crippen LogP) is 3.21. The van der Waals surface area contributed by atoms with E-state index >= 15 is 0 Å². The van der Waals surface area contributed by atoms with Gasteiger partial charge in [0.25, 0.3) is 0 Å². The predicted molar refractivity (Wildman–Crippen MR) is 104 cm³/mol. The number of nitrogens with one attached hydrogen (secondary N) is 1. The maximum atomic E-state index is 14.0. The molecule has 29 heavy (non-hydrogen) atoms. The van der Waals surface area contributed by atoms with E-state index in [9.17, 15) is 18.4 Å². The van der Waals surface area contributed by atoms with Crippen LogP contribution in [0.15, 0.2) is 42.5 Å². The number of methoxy groups -OCH3 is 1. The first-order valence-electron chi connectivity index (χ1n) is 9.60. The minimum atomic E-state index is -0.952. The van der Waals surface area contributed by atoms with E-state index in [2.05, 4.69) is 5.32 Å². The first-order valence-corrected chi connectivity index (χ1v) is 9.60. The molecule has 3 rings (SSSR count). The Bertz CT molecular complexity index is 888. The highest BCUT2D eigenvalue weighted by Crippen LogP contribution is 2.25. The van der Waals surface area contributed by atoms with Crippen molar-refractivity contribution in [3.05, 3.63) is 65.2 Å². The number of likely N-dealkylation sites (tertiary alicyclic amines) is 1. The van der Waals surface area contributed by atoms with Crippen LogP contribution < -0.4 is 10.1 Å². The summed E-state index contributed by atoms with van der Waals surface area (Å²) in [5.41, 5.74) is 1.11. The van der Waals surface area contributed by atoms with Crippen molar-refractivity contribution < 1.29 is 23.1 Å². The zero-order chi connectivity index (χ0) is 20.8. The third kappa shape index (κ3) is 5.10. The summed E-state index contributed by atoms with van der Waals surface area (Å²) in [5, 5.41) is 2.86. The molecule has 1 N–H and O–H groups in total. The van der Waals surface area contributed by atoms with Gasteiger partial charge in [-0.1, -0.05) is 30.3 Å². The van der Waals surface area contributed by atoms with E-state index in [-0.39, 0.29) is 36.4 Å². The summed E-state index contributed by atoms with van der Waals surface area (Å²) in [6.07, 6.45) is 1.58. The van der Waals surface area contributed by atoms with E-state index in [0.29, 0.717) is 25.8 Å². The second-order valence-corrected chi connectivity index (χ2v) is 7.04. The highest BCUT2D eigenvalue weighted by molar-refractivity contribution is 5.82. The minimum Gasteiger partial charge on any atom is -0.496 e. The van der Waals surface area contributed by atoms with E-state index in [0.717, 1.165) is 17.4 Å². The Labute approximate surface area is 168 Å². The van der Waals surface area contributed by atoms with Crippen molar-refractivity contribution >= 4 is 11.8 Å². The average Bonchev–Trinajstić information content (AvgIpc) is 3.05. The number of carbonyl (C=O) groups excluding carboxylic acids is 2. The lowest BCUT2D eigenvalue weighted by molar-refractivity contribution is -0.130. The first-order chi connectivity index (χ1) is 14.0. The zero-order valence-corrected chi connectivity index (χ0v) is 16.3. The summed E-state index contributed by atoms with van der Waals surface area (Å²) >= 11 is 0. The normalized spacial score (nSPS) is 16.2. The summed E-state index contributed by atoms with van der Waals surface area (Å²) in [6, 6.07) is 11.2. The van der Waals surface area contributed by atoms with Gasteiger partial charge in [0.15, 0.2) is 11.6 Å². The SMILES string of the molecule is COc1ccccc1CCNC(=O)CC1CCC(=O)N1Cc1cccc(F)c1F. The number of carbonyl (C=O) groups is 2. The summed E-state index contributed by atoms with van der Waals surface area (Å²) in [5.74, 6) is -1.46. The number of hydrogen-bond acceptors (Lipinski definition) is 3. The Balaban J connectivity index is 1.54. The van der Waals surface area contributed by atoms with Crippen molar-refractivity contribution in [1.29, 1.82) is 0 Å². The van der Waals surface area contributed by atoms with Gasteiger partial charge in [0.1, 0.15) is 5.75 Å². The lowest BCUT2D eigenvalue weighted by atomic mass is 10.1. The minimum absolute atomic E-state index is 0.0401. The standard InChI is InChI=1S/C22H24F2N2O3/c1-29-19-8-3-2-5-15(19)11-12-25-20(27)13-17-9-10-21(28)26(17)14-16-6-4-7-18(23)22(16)24/h2-8,17H,9-14H2,1H3,(H,25,27). The second kappa shape index (κ2) is 9.49. The molecule has 0 radical (unpaired) electrons. The fraction of sp³-hybridized carbons (Fsp3) is 0.364. The molecule has 2 aromatic carbocycles. The maximum absolute atomic E-state index is 14.0. The molecule has 1 saturated heterocycles. The van der Waals surface area contributed by atoms with E-state index in [1.54, 1.807) is 7.11 Å². The largest absolute Gasteiger partial charge is 0.496 e. The number of rotatable bonds is 8. The quantitative estimate of drug-likeness (QED) is 0.738. The molecular formula is C22H24F2N2O3. The molecule has 1 atom stereocenters. The number of nitrogens with zero attached hydrogens (tertiary/aromatic N) is 1. The summed E-state index contributed by atoms with van der Waals surface area (Å²) in [6.45, 7) is 0.403. The summed E-state index contributed by atoms with van der Waals surface area (Å²) in [4.78, 5) is 26.0. The van der Waals surface area contributed by atoms with Crippen LogP contribution in [0.25, 0.3) is 0 Å². The second-order valence-electron chi connectivity index (χ2n) is 7.04. The highest BCUT2D eigenvalue weighted by Gasteiger charge is 2.33. The van der Waals surface area contributed by atoms with Crippen LogP contribution in [0.3, 0.4) is 0 Å². The van der Waals surface area contributed by atoms with Gasteiger partial charge in [-0.3, -0.25) is 9.59 Å². The number of para-hydroxylation sites is 1. The fourth-order valence-electron chi connectivity index (χ4n) is 3.61. The molecule has 5 nitrogen and oxygen atoms in total. The van der Waals surface area contributed by atoms with Crippen molar-refractivity contribution in [2.24, 2.45) is 0 Å². The first kappa shape index (κ1) is 20.8. The zero-order valence-electron chi connectivity index (χ0n) is 16.3. The smallest absolute Gasteiger partial charge is 0.223 e. The lowest BCUT2D eigenvalue weighted by Gasteiger charge is -2.25. The number of amides is 2. The van der Waals surface area contributed by atoms with Crippen molar-refractivity contribution in [3.63, 3.8) is 0 Å². The molecule has 0 saturated carbocycles. The van der Waals surface area contributed by atoms with Crippen molar-refractivity contribution in [2.75, 3.05) is 13.7 Å². The molecule has 1 unspecified atom stereocenters. The molecule has 2 aromatic rings. The van der Waals surface area contributed by atoms with Gasteiger partial charge < -0.3 is 15.0 Å². The molecule has 0 spiro atoms. The van der Waals surface area contributed by atoms with Crippen LogP contribution in [0.1, 0.15) is 30.4 Å². The molecular weight excluding hydrogens is 378 g/mol. The third-order valence-electron chi connectivity index (χ3n) is 5.15. The Kier molecular flexibility index (Phi) is 6.80. The molecule has 7 heteroatoms. The van der Waals surface area contributed by atoms with Gasteiger partial charge >= 0.3 is 0 Å². The molecule has 0 aliphatic carbocycles. The van der Waals surface area contributed by atoms with Crippen LogP contribution in [0.2, 0.25) is 0 Å². The van der Waals surface area contributed by atoms with Crippen molar-refractivity contribution in [2.45, 2.75) is 38.3 Å². The molecule has 1 heterocycles. The van der Waals surface area contributed by atoms with E-state index in [1.807, 2.05) is 24.3 Å². The number of hydrogen-bond donors (Lipinski definition) is 1. The van der Waals surface area contributed by atoms with E-state index < -0.39 is 11.6 Å². The van der Waals surface area contributed by atoms with E-state index in [4.69, 9.17) is 4.74 Å². The molecule has 2 amide bonds. The van der Waals surface area contributed by atoms with Gasteiger partial charge in [-0.05, 0) is 30.5 Å². The van der Waals surface area contributed by atoms with Gasteiger partial charge in [-0.15, -0.1) is 0 Å². The average molecular weight is 402 g/mol. The maximum Gasteiger partial charge on any atom is 0.223 e. The molecule has 1 aliphatic rings. The monoisotopic (exact) mass is 402 g/mol. The van der Waals surface area contributed by atoms with Crippen LogP contribution >= 0.6 is 0 Å². The summed E-state index contributed by atoms with van der Waals surface area (Å²) in [7, 11) is 1.60. The van der Waals surface area contributed by atoms with E-state index in [1.165, 1.54) is 17.0 Å². The van der Waals surface area contributed by atoms with Gasteiger partial charge in [-0.25, -0.2) is 8.78 Å². The van der Waals surface area contributed by atoms with Gasteiger partial charge in [0.05, 0.1) is 7.11 Å². The third-order valence-corrected chi connectivity index (χ3v) is 5.15. The van der Waals surface area contributed by atoms with Crippen molar-refractivity contribution in [1.82, 2.24) is 10.2 Å². The molecule has 0 aromatic heterocycles. The molecule has 1 aliphatic heterocycles. The Morgan fingerprint density at radius 2 is 1.93 bits per heavy atom. The molecule has 0 bridgehead atoms. The van der Waals surface area contributed by atoms with Crippen LogP contribution in [0.4, 0.5) is 8.78 Å². The topological polar surface area (TPSA) is 58.6 Å². The number of benzene rings is 2. The van der Waals surface area contributed by atoms with Gasteiger partial charge in [-0.2, -0.15) is 0 Å². The summed E-state index contributed by atoms with van der Waals surface area (Å²) < 4.78 is 32.7. The number of ether oxygens (including phenoxy) is 1. The molecule has 154 valence electrons. The van der Waals surface area contributed by atoms with Gasteiger partial charge in [0, 0.05) is 37.5 Å². The van der Waals surface area contributed by atoms with Crippen LogP contribution in [0.5, 0.6) is 5.75 Å². The van der Waals surface area contributed by atoms with Crippen LogP contribution in [-0.2, 0) is 22.6 Å². The number of halogens is 2. The van der Waals surface area contributed by atoms with Gasteiger partial charge in [0.2, 0.25) is 11.8 Å².